The van der Waals surface area contributed by atoms with E-state index in [2.05, 4.69) is 146 Å². The van der Waals surface area contributed by atoms with Gasteiger partial charge in [-0.25, -0.2) is 0 Å². The molecule has 0 unspecified atom stereocenters. The number of hydrogen-bond acceptors (Lipinski definition) is 1. The summed E-state index contributed by atoms with van der Waals surface area (Å²) < 4.78 is 6.40. The van der Waals surface area contributed by atoms with Crippen LogP contribution in [0.25, 0.3) is 66.1 Å². The van der Waals surface area contributed by atoms with E-state index in [1.54, 1.807) is 0 Å². The van der Waals surface area contributed by atoms with E-state index in [9.17, 15) is 0 Å². The van der Waals surface area contributed by atoms with Crippen LogP contribution in [-0.4, -0.2) is 0 Å². The molecule has 0 fully saturated rings. The van der Waals surface area contributed by atoms with Gasteiger partial charge in [0, 0.05) is 10.9 Å². The topological polar surface area (TPSA) is 9.23 Å². The van der Waals surface area contributed by atoms with Crippen molar-refractivity contribution in [1.29, 1.82) is 0 Å². The number of rotatable bonds is 3. The van der Waals surface area contributed by atoms with E-state index in [1.807, 2.05) is 0 Å². The fraction of sp³-hybridized carbons (Fsp3) is 0. The van der Waals surface area contributed by atoms with Gasteiger partial charge in [-0.2, -0.15) is 0 Å². The smallest absolute Gasteiger partial charge is 0.135 e. The Morgan fingerprint density at radius 1 is 0.333 bits per heavy atom. The minimum Gasteiger partial charge on any atom is -0.456 e. The van der Waals surface area contributed by atoms with Gasteiger partial charge in [-0.05, 0) is 79.4 Å². The van der Waals surface area contributed by atoms with Crippen molar-refractivity contribution in [3.63, 3.8) is 0 Å². The molecule has 0 amide bonds. The number of ether oxygens (including phenoxy) is 1. The lowest BCUT2D eigenvalue weighted by Gasteiger charge is -2.22. The second kappa shape index (κ2) is 8.72. The monoisotopic (exact) mass is 496 g/mol. The largest absolute Gasteiger partial charge is 0.456 e. The predicted octanol–water partition coefficient (Wildman–Crippen LogP) is 10.8. The average Bonchev–Trinajstić information content (AvgIpc) is 3.01. The van der Waals surface area contributed by atoms with Gasteiger partial charge in [0.15, 0.2) is 0 Å². The third-order valence-corrected chi connectivity index (χ3v) is 7.87. The standard InChI is InChI=1S/C38H24O/c1-2-9-25(10-3-1)32-21-19-28(31-16-6-12-26-11-4-5-15-30(26)31)23-34(32)29-20-22-36-35(24-29)33-17-7-13-27-14-8-18-37(39-36)38(27)33/h1-24H. The molecule has 0 saturated heterocycles. The summed E-state index contributed by atoms with van der Waals surface area (Å²) in [4.78, 5) is 0. The van der Waals surface area contributed by atoms with Crippen LogP contribution in [0.4, 0.5) is 0 Å². The van der Waals surface area contributed by atoms with E-state index in [4.69, 9.17) is 4.74 Å². The van der Waals surface area contributed by atoms with Gasteiger partial charge in [-0.1, -0.05) is 121 Å². The van der Waals surface area contributed by atoms with E-state index in [0.717, 1.165) is 17.1 Å². The molecule has 1 aliphatic rings. The van der Waals surface area contributed by atoms with Crippen molar-refractivity contribution in [2.75, 3.05) is 0 Å². The van der Waals surface area contributed by atoms with Gasteiger partial charge in [-0.15, -0.1) is 0 Å². The van der Waals surface area contributed by atoms with E-state index in [1.165, 1.54) is 60.5 Å². The molecule has 1 aliphatic heterocycles. The SMILES string of the molecule is c1ccc(-c2ccc(-c3cccc4ccccc34)cc2-c2ccc3c(c2)-c2cccc4cccc(c24)O3)cc1. The zero-order valence-corrected chi connectivity index (χ0v) is 21.3. The highest BCUT2D eigenvalue weighted by Gasteiger charge is 2.21. The van der Waals surface area contributed by atoms with Crippen LogP contribution in [0, 0.1) is 0 Å². The minimum atomic E-state index is 0.899. The van der Waals surface area contributed by atoms with Crippen molar-refractivity contribution in [1.82, 2.24) is 0 Å². The number of benzene rings is 7. The third kappa shape index (κ3) is 3.55. The van der Waals surface area contributed by atoms with Crippen LogP contribution in [0.2, 0.25) is 0 Å². The molecule has 1 heterocycles. The lowest BCUT2D eigenvalue weighted by Crippen LogP contribution is -1.97. The van der Waals surface area contributed by atoms with E-state index < -0.39 is 0 Å². The third-order valence-electron chi connectivity index (χ3n) is 7.87. The molecule has 8 rings (SSSR count). The van der Waals surface area contributed by atoms with Crippen molar-refractivity contribution < 1.29 is 4.74 Å². The molecule has 7 aromatic carbocycles. The molecule has 0 N–H and O–H groups in total. The average molecular weight is 497 g/mol. The minimum absolute atomic E-state index is 0.899. The first-order valence-electron chi connectivity index (χ1n) is 13.4. The van der Waals surface area contributed by atoms with Crippen LogP contribution in [0.15, 0.2) is 146 Å². The molecular weight excluding hydrogens is 472 g/mol. The molecule has 0 spiro atoms. The number of hydrogen-bond donors (Lipinski definition) is 0. The van der Waals surface area contributed by atoms with Crippen molar-refractivity contribution in [3.8, 4) is 56.0 Å². The van der Waals surface area contributed by atoms with Crippen LogP contribution >= 0.6 is 0 Å². The Bertz CT molecular complexity index is 2020. The maximum Gasteiger partial charge on any atom is 0.135 e. The molecule has 1 heteroatoms. The Balaban J connectivity index is 1.37. The molecule has 39 heavy (non-hydrogen) atoms. The summed E-state index contributed by atoms with van der Waals surface area (Å²) in [6.45, 7) is 0. The molecule has 0 saturated carbocycles. The first kappa shape index (κ1) is 21.9. The summed E-state index contributed by atoms with van der Waals surface area (Å²) in [6.07, 6.45) is 0. The summed E-state index contributed by atoms with van der Waals surface area (Å²) in [6, 6.07) is 52.1. The van der Waals surface area contributed by atoms with Gasteiger partial charge in [0.25, 0.3) is 0 Å². The van der Waals surface area contributed by atoms with Crippen LogP contribution in [0.5, 0.6) is 11.5 Å². The molecule has 7 aromatic rings. The second-order valence-corrected chi connectivity index (χ2v) is 10.1. The predicted molar refractivity (Wildman–Crippen MR) is 163 cm³/mol. The Morgan fingerprint density at radius 2 is 1.00 bits per heavy atom. The fourth-order valence-corrected chi connectivity index (χ4v) is 6.03. The van der Waals surface area contributed by atoms with Crippen molar-refractivity contribution >= 4 is 21.5 Å². The van der Waals surface area contributed by atoms with E-state index in [0.29, 0.717) is 0 Å². The number of fused-ring (bicyclic) bond motifs is 3. The first-order chi connectivity index (χ1) is 19.3. The van der Waals surface area contributed by atoms with Crippen LogP contribution < -0.4 is 4.74 Å². The van der Waals surface area contributed by atoms with E-state index in [-0.39, 0.29) is 0 Å². The van der Waals surface area contributed by atoms with Crippen LogP contribution in [0.3, 0.4) is 0 Å². The summed E-state index contributed by atoms with van der Waals surface area (Å²) in [5, 5.41) is 4.89. The maximum atomic E-state index is 6.40. The lowest BCUT2D eigenvalue weighted by molar-refractivity contribution is 0.487. The van der Waals surface area contributed by atoms with Crippen LogP contribution in [0.1, 0.15) is 0 Å². The summed E-state index contributed by atoms with van der Waals surface area (Å²) >= 11 is 0. The maximum absolute atomic E-state index is 6.40. The van der Waals surface area contributed by atoms with Gasteiger partial charge in [0.1, 0.15) is 11.5 Å². The van der Waals surface area contributed by atoms with Gasteiger partial charge >= 0.3 is 0 Å². The highest BCUT2D eigenvalue weighted by Crippen LogP contribution is 2.48. The molecular formula is C38H24O. The van der Waals surface area contributed by atoms with Gasteiger partial charge < -0.3 is 4.74 Å². The Kier molecular flexibility index (Phi) is 4.89. The molecule has 0 radical (unpaired) electrons. The molecule has 0 aliphatic carbocycles. The fourth-order valence-electron chi connectivity index (χ4n) is 6.03. The van der Waals surface area contributed by atoms with Crippen molar-refractivity contribution in [2.45, 2.75) is 0 Å². The zero-order valence-electron chi connectivity index (χ0n) is 21.3. The summed E-state index contributed by atoms with van der Waals surface area (Å²) in [5.41, 5.74) is 9.62. The Morgan fingerprint density at radius 3 is 1.90 bits per heavy atom. The second-order valence-electron chi connectivity index (χ2n) is 10.1. The Labute approximate surface area is 227 Å². The van der Waals surface area contributed by atoms with E-state index >= 15 is 0 Å². The van der Waals surface area contributed by atoms with Gasteiger partial charge in [-0.3, -0.25) is 0 Å². The van der Waals surface area contributed by atoms with Crippen molar-refractivity contribution in [3.05, 3.63) is 146 Å². The highest BCUT2D eigenvalue weighted by molar-refractivity contribution is 6.05. The summed E-state index contributed by atoms with van der Waals surface area (Å²) in [5.74, 6) is 1.82. The molecule has 0 atom stereocenters. The zero-order chi connectivity index (χ0) is 25.8. The lowest BCUT2D eigenvalue weighted by atomic mass is 9.87. The first-order valence-corrected chi connectivity index (χ1v) is 13.4. The molecule has 0 bridgehead atoms. The van der Waals surface area contributed by atoms with Crippen LogP contribution in [-0.2, 0) is 0 Å². The van der Waals surface area contributed by atoms with Crippen molar-refractivity contribution in [2.24, 2.45) is 0 Å². The molecule has 182 valence electrons. The highest BCUT2D eigenvalue weighted by atomic mass is 16.5. The molecule has 0 aromatic heterocycles. The quantitative estimate of drug-likeness (QED) is 0.236. The van der Waals surface area contributed by atoms with Gasteiger partial charge in [0.2, 0.25) is 0 Å². The normalized spacial score (nSPS) is 11.8. The van der Waals surface area contributed by atoms with Gasteiger partial charge in [0.05, 0.1) is 0 Å². The Hall–Kier alpha value is -5.14. The molecule has 1 nitrogen and oxygen atoms in total. The summed E-state index contributed by atoms with van der Waals surface area (Å²) in [7, 11) is 0.